The second kappa shape index (κ2) is 16.3. The average molecular weight is 617 g/mol. The second-order valence-electron chi connectivity index (χ2n) is 11.4. The van der Waals surface area contributed by atoms with Crippen LogP contribution in [0.1, 0.15) is 33.9 Å². The molecule has 1 aliphatic heterocycles. The lowest BCUT2D eigenvalue weighted by Crippen LogP contribution is -2.58. The van der Waals surface area contributed by atoms with Crippen LogP contribution in [0.15, 0.2) is 146 Å². The Balaban J connectivity index is 1.34. The monoisotopic (exact) mass is 616 g/mol. The highest BCUT2D eigenvalue weighted by atomic mass is 16.6. The summed E-state index contributed by atoms with van der Waals surface area (Å²) in [5.41, 5.74) is 4.79. The van der Waals surface area contributed by atoms with Crippen LogP contribution in [0.4, 0.5) is 0 Å². The lowest BCUT2D eigenvalue weighted by atomic mass is 9.90. The van der Waals surface area contributed by atoms with Crippen molar-refractivity contribution in [3.63, 3.8) is 0 Å². The molecule has 5 aromatic carbocycles. The molecule has 6 heteroatoms. The van der Waals surface area contributed by atoms with Gasteiger partial charge in [-0.05, 0) is 28.3 Å². The summed E-state index contributed by atoms with van der Waals surface area (Å²) in [7, 11) is 0. The molecule has 0 radical (unpaired) electrons. The van der Waals surface area contributed by atoms with Gasteiger partial charge in [0.1, 0.15) is 36.3 Å². The van der Waals surface area contributed by atoms with Gasteiger partial charge in [-0.2, -0.15) is 0 Å². The van der Waals surface area contributed by atoms with Crippen LogP contribution in [0.5, 0.6) is 5.75 Å². The van der Waals surface area contributed by atoms with Gasteiger partial charge in [-0.25, -0.2) is 0 Å². The maximum Gasteiger partial charge on any atom is 0.121 e. The molecule has 0 aromatic heterocycles. The minimum Gasteiger partial charge on any atom is -0.508 e. The Morgan fingerprint density at radius 3 is 1.37 bits per heavy atom. The number of rotatable bonds is 14. The van der Waals surface area contributed by atoms with E-state index in [0.29, 0.717) is 32.0 Å². The van der Waals surface area contributed by atoms with Gasteiger partial charge in [0.2, 0.25) is 0 Å². The number of phenols is 1. The maximum atomic E-state index is 11.1. The molecule has 1 saturated heterocycles. The zero-order valence-electron chi connectivity index (χ0n) is 25.8. The van der Waals surface area contributed by atoms with Gasteiger partial charge in [0.05, 0.1) is 33.0 Å². The fourth-order valence-electron chi connectivity index (χ4n) is 5.77. The molecule has 6 rings (SSSR count). The zero-order chi connectivity index (χ0) is 31.4. The molecule has 6 nitrogen and oxygen atoms in total. The summed E-state index contributed by atoms with van der Waals surface area (Å²) in [5, 5.41) is 11.1. The molecule has 0 aliphatic carbocycles. The SMILES string of the molecule is Oc1ccccc1C1OC(COCc2ccccc2)C(OCc2ccccc2)C(OCc2ccccc2)C1OCc1ccccc1. The van der Waals surface area contributed by atoms with Crippen molar-refractivity contribution in [3.05, 3.63) is 173 Å². The van der Waals surface area contributed by atoms with Crippen molar-refractivity contribution >= 4 is 0 Å². The summed E-state index contributed by atoms with van der Waals surface area (Å²) in [5.74, 6) is 0.134. The van der Waals surface area contributed by atoms with E-state index in [1.54, 1.807) is 12.1 Å². The lowest BCUT2D eigenvalue weighted by Gasteiger charge is -2.46. The summed E-state index contributed by atoms with van der Waals surface area (Å²) >= 11 is 0. The maximum absolute atomic E-state index is 11.1. The van der Waals surface area contributed by atoms with E-state index in [2.05, 4.69) is 0 Å². The van der Waals surface area contributed by atoms with Crippen LogP contribution in [0.2, 0.25) is 0 Å². The van der Waals surface area contributed by atoms with Crippen LogP contribution in [0.25, 0.3) is 0 Å². The van der Waals surface area contributed by atoms with Gasteiger partial charge in [0, 0.05) is 5.56 Å². The predicted molar refractivity (Wildman–Crippen MR) is 177 cm³/mol. The van der Waals surface area contributed by atoms with Crippen LogP contribution in [0, 0.1) is 0 Å². The number of hydrogen-bond acceptors (Lipinski definition) is 6. The highest BCUT2D eigenvalue weighted by Crippen LogP contribution is 2.41. The molecular weight excluding hydrogens is 576 g/mol. The number of para-hydroxylation sites is 1. The third-order valence-corrected chi connectivity index (χ3v) is 8.13. The minimum absolute atomic E-state index is 0.134. The predicted octanol–water partition coefficient (Wildman–Crippen LogP) is 7.81. The van der Waals surface area contributed by atoms with Crippen molar-refractivity contribution in [3.8, 4) is 5.75 Å². The highest BCUT2D eigenvalue weighted by Gasteiger charge is 2.49. The molecule has 5 aromatic rings. The first kappa shape index (κ1) is 31.7. The van der Waals surface area contributed by atoms with E-state index in [4.69, 9.17) is 23.7 Å². The number of ether oxygens (including phenoxy) is 5. The second-order valence-corrected chi connectivity index (χ2v) is 11.4. The molecule has 0 bridgehead atoms. The summed E-state index contributed by atoms with van der Waals surface area (Å²) < 4.78 is 33.3. The molecule has 5 atom stereocenters. The number of hydrogen-bond donors (Lipinski definition) is 1. The number of benzene rings is 5. The molecule has 0 amide bonds. The van der Waals surface area contributed by atoms with E-state index in [0.717, 1.165) is 22.3 Å². The first-order valence-corrected chi connectivity index (χ1v) is 15.8. The quantitative estimate of drug-likeness (QED) is 0.137. The molecule has 1 fully saturated rings. The number of aromatic hydroxyl groups is 1. The Morgan fingerprint density at radius 1 is 0.457 bits per heavy atom. The zero-order valence-corrected chi connectivity index (χ0v) is 25.8. The fraction of sp³-hybridized carbons (Fsp3) is 0.250. The van der Waals surface area contributed by atoms with Crippen molar-refractivity contribution in [2.24, 2.45) is 0 Å². The van der Waals surface area contributed by atoms with E-state index in [9.17, 15) is 5.11 Å². The van der Waals surface area contributed by atoms with Crippen molar-refractivity contribution in [1.82, 2.24) is 0 Å². The normalized spacial score (nSPS) is 21.2. The first-order valence-electron chi connectivity index (χ1n) is 15.8. The van der Waals surface area contributed by atoms with E-state index in [1.165, 1.54) is 0 Å². The molecule has 0 saturated carbocycles. The molecule has 46 heavy (non-hydrogen) atoms. The third-order valence-electron chi connectivity index (χ3n) is 8.13. The van der Waals surface area contributed by atoms with Gasteiger partial charge in [-0.15, -0.1) is 0 Å². The van der Waals surface area contributed by atoms with Gasteiger partial charge < -0.3 is 28.8 Å². The van der Waals surface area contributed by atoms with Gasteiger partial charge >= 0.3 is 0 Å². The van der Waals surface area contributed by atoms with E-state index < -0.39 is 30.5 Å². The topological polar surface area (TPSA) is 66.4 Å². The van der Waals surface area contributed by atoms with Crippen LogP contribution in [-0.2, 0) is 50.1 Å². The van der Waals surface area contributed by atoms with Crippen LogP contribution in [-0.4, -0.2) is 36.1 Å². The first-order chi connectivity index (χ1) is 22.7. The third kappa shape index (κ3) is 8.49. The van der Waals surface area contributed by atoms with Crippen LogP contribution < -0.4 is 0 Å². The largest absolute Gasteiger partial charge is 0.508 e. The van der Waals surface area contributed by atoms with Gasteiger partial charge in [0.25, 0.3) is 0 Å². The summed E-state index contributed by atoms with van der Waals surface area (Å²) in [6.07, 6.45) is -2.87. The Hall–Kier alpha value is -4.30. The van der Waals surface area contributed by atoms with E-state index >= 15 is 0 Å². The van der Waals surface area contributed by atoms with Gasteiger partial charge in [0.15, 0.2) is 0 Å². The molecule has 0 spiro atoms. The van der Waals surface area contributed by atoms with Crippen molar-refractivity contribution < 1.29 is 28.8 Å². The minimum atomic E-state index is -0.646. The Morgan fingerprint density at radius 2 is 0.870 bits per heavy atom. The lowest BCUT2D eigenvalue weighted by molar-refractivity contribution is -0.275. The summed E-state index contributed by atoms with van der Waals surface area (Å²) in [4.78, 5) is 0. The van der Waals surface area contributed by atoms with E-state index in [-0.39, 0.29) is 12.4 Å². The van der Waals surface area contributed by atoms with Gasteiger partial charge in [-0.1, -0.05) is 140 Å². The Kier molecular flexibility index (Phi) is 11.2. The average Bonchev–Trinajstić information content (AvgIpc) is 3.11. The van der Waals surface area contributed by atoms with Crippen molar-refractivity contribution in [2.45, 2.75) is 56.9 Å². The summed E-state index contributed by atoms with van der Waals surface area (Å²) in [6.45, 7) is 1.74. The molecule has 1 N–H and O–H groups in total. The van der Waals surface area contributed by atoms with Gasteiger partial charge in [-0.3, -0.25) is 0 Å². The van der Waals surface area contributed by atoms with Crippen molar-refractivity contribution in [2.75, 3.05) is 6.61 Å². The molecule has 236 valence electrons. The highest BCUT2D eigenvalue weighted by molar-refractivity contribution is 5.35. The molecular formula is C40H40O6. The Bertz CT molecular complexity index is 1580. The molecule has 1 aliphatic rings. The van der Waals surface area contributed by atoms with E-state index in [1.807, 2.05) is 133 Å². The Labute approximate surface area is 271 Å². The van der Waals surface area contributed by atoms with Crippen LogP contribution in [0.3, 0.4) is 0 Å². The standard InChI is InChI=1S/C40H40O6/c41-35-24-14-13-23-34(35)37-39(44-27-32-19-9-3-10-20-32)40(45-28-33-21-11-4-12-22-33)38(43-26-31-17-7-2-8-18-31)36(46-37)29-42-25-30-15-5-1-6-16-30/h1-24,36-41H,25-29H2. The van der Waals surface area contributed by atoms with Crippen molar-refractivity contribution in [1.29, 1.82) is 0 Å². The summed E-state index contributed by atoms with van der Waals surface area (Å²) in [6, 6.07) is 47.5. The number of phenolic OH excluding ortho intramolecular Hbond substituents is 1. The van der Waals surface area contributed by atoms with Crippen LogP contribution >= 0.6 is 0 Å². The molecule has 5 unspecified atom stereocenters. The fourth-order valence-corrected chi connectivity index (χ4v) is 5.77. The smallest absolute Gasteiger partial charge is 0.121 e. The molecule has 1 heterocycles.